The zero-order chi connectivity index (χ0) is 30.6. The molecule has 0 aromatic heterocycles. The van der Waals surface area contributed by atoms with Gasteiger partial charge in [-0.1, -0.05) is 103 Å². The highest BCUT2D eigenvalue weighted by molar-refractivity contribution is 5.70. The van der Waals surface area contributed by atoms with Gasteiger partial charge in [-0.15, -0.1) is 10.1 Å². The Morgan fingerprint density at radius 3 is 1.98 bits per heavy atom. The zero-order valence-electron chi connectivity index (χ0n) is 24.8. The average Bonchev–Trinajstić information content (AvgIpc) is 3.84. The van der Waals surface area contributed by atoms with Crippen molar-refractivity contribution in [3.05, 3.63) is 137 Å². The molecule has 8 heteroatoms. The molecule has 228 valence electrons. The highest BCUT2D eigenvalue weighted by Gasteiger charge is 2.43. The molecule has 2 fully saturated rings. The van der Waals surface area contributed by atoms with Crippen molar-refractivity contribution >= 4 is 6.09 Å². The van der Waals surface area contributed by atoms with Crippen molar-refractivity contribution in [3.63, 3.8) is 0 Å². The summed E-state index contributed by atoms with van der Waals surface area (Å²) in [6.45, 7) is 1.75. The number of rotatable bonds is 10. The molecule has 4 aromatic carbocycles. The summed E-state index contributed by atoms with van der Waals surface area (Å²) in [5, 5.41) is 9.43. The van der Waals surface area contributed by atoms with Crippen LogP contribution in [0, 0.1) is 15.5 Å². The summed E-state index contributed by atoms with van der Waals surface area (Å²) in [5.41, 5.74) is 4.76. The van der Waals surface area contributed by atoms with E-state index in [0.717, 1.165) is 25.9 Å². The summed E-state index contributed by atoms with van der Waals surface area (Å²) in [7, 11) is 0. The molecule has 4 aromatic rings. The van der Waals surface area contributed by atoms with Gasteiger partial charge >= 0.3 is 6.09 Å². The molecule has 1 amide bonds. The summed E-state index contributed by atoms with van der Waals surface area (Å²) in [6, 6.07) is 37.8. The molecule has 8 nitrogen and oxygen atoms in total. The van der Waals surface area contributed by atoms with Gasteiger partial charge in [-0.2, -0.15) is 0 Å². The fourth-order valence-corrected chi connectivity index (χ4v) is 5.32. The molecule has 0 N–H and O–H groups in total. The second-order valence-corrected chi connectivity index (χ2v) is 11.4. The third-order valence-corrected chi connectivity index (χ3v) is 7.99. The molecule has 0 radical (unpaired) electrons. The van der Waals surface area contributed by atoms with Crippen molar-refractivity contribution < 1.29 is 24.2 Å². The van der Waals surface area contributed by atoms with Gasteiger partial charge < -0.3 is 19.2 Å². The molecule has 1 saturated heterocycles. The minimum absolute atomic E-state index is 0.0196. The van der Waals surface area contributed by atoms with Crippen LogP contribution in [0.25, 0.3) is 11.1 Å². The number of carbonyl (C=O) groups is 1. The van der Waals surface area contributed by atoms with Gasteiger partial charge in [0.2, 0.25) is 0 Å². The van der Waals surface area contributed by atoms with Crippen LogP contribution in [-0.4, -0.2) is 41.9 Å². The fraction of sp³-hybridized carbons (Fsp3) is 0.306. The highest BCUT2D eigenvalue weighted by atomic mass is 16.9. The normalized spacial score (nSPS) is 16.6. The van der Waals surface area contributed by atoms with Crippen LogP contribution < -0.4 is 4.74 Å². The van der Waals surface area contributed by atoms with E-state index in [1.807, 2.05) is 18.2 Å². The van der Waals surface area contributed by atoms with Gasteiger partial charge in [0.1, 0.15) is 12.4 Å². The van der Waals surface area contributed by atoms with Crippen molar-refractivity contribution in [2.45, 2.75) is 44.8 Å². The van der Waals surface area contributed by atoms with Crippen LogP contribution in [0.15, 0.2) is 115 Å². The first-order valence-electron chi connectivity index (χ1n) is 15.1. The van der Waals surface area contributed by atoms with Crippen molar-refractivity contribution in [1.29, 1.82) is 0 Å². The fourth-order valence-electron chi connectivity index (χ4n) is 5.32. The maximum absolute atomic E-state index is 12.6. The van der Waals surface area contributed by atoms with Crippen LogP contribution in [-0.2, 0) is 22.6 Å². The van der Waals surface area contributed by atoms with Gasteiger partial charge in [0, 0.05) is 6.54 Å². The van der Waals surface area contributed by atoms with E-state index >= 15 is 0 Å². The minimum atomic E-state index is -0.838. The molecule has 1 unspecified atom stereocenters. The number of ether oxygens (including phenoxy) is 2. The Kier molecular flexibility index (Phi) is 10.6. The van der Waals surface area contributed by atoms with E-state index in [1.54, 1.807) is 29.2 Å². The number of piperidine rings is 1. The Bertz CT molecular complexity index is 1420. The predicted octanol–water partition coefficient (Wildman–Crippen LogP) is 7.75. The first-order chi connectivity index (χ1) is 21.5. The second kappa shape index (κ2) is 15.2. The van der Waals surface area contributed by atoms with E-state index < -0.39 is 11.2 Å². The zero-order valence-corrected chi connectivity index (χ0v) is 24.8. The molecule has 0 bridgehead atoms. The first kappa shape index (κ1) is 30.8. The summed E-state index contributed by atoms with van der Waals surface area (Å²) < 4.78 is 11.7. The number of nitrogens with zero attached hydrogens (tertiary/aromatic N) is 2. The van der Waals surface area contributed by atoms with Crippen LogP contribution in [0.1, 0.15) is 36.8 Å². The maximum Gasteiger partial charge on any atom is 0.415 e. The number of likely N-dealkylation sites (tertiary alicyclic amines) is 1. The molecule has 1 saturated carbocycles. The lowest BCUT2D eigenvalue weighted by Gasteiger charge is -2.32. The molecule has 1 atom stereocenters. The number of carbonyl (C=O) groups excluding carboxylic acids is 1. The van der Waals surface area contributed by atoms with Gasteiger partial charge in [0.05, 0.1) is 19.3 Å². The SMILES string of the molecule is O=C(Oc1ccc(CO[N+](=O)[O-])cc1)N1CCCC(OCC2(Cc3ccccc3)CC2)C1.c1ccc(-c2ccccc2)cc1. The Balaban J connectivity index is 0.000000266. The van der Waals surface area contributed by atoms with Crippen molar-refractivity contribution in [1.82, 2.24) is 4.90 Å². The molecule has 1 aliphatic carbocycles. The van der Waals surface area contributed by atoms with E-state index in [1.165, 1.54) is 29.5 Å². The van der Waals surface area contributed by atoms with Crippen LogP contribution in [0.5, 0.6) is 5.75 Å². The van der Waals surface area contributed by atoms with Gasteiger partial charge in [-0.3, -0.25) is 0 Å². The molecular formula is C36H38N2O6. The van der Waals surface area contributed by atoms with Crippen LogP contribution in [0.2, 0.25) is 0 Å². The Morgan fingerprint density at radius 2 is 1.41 bits per heavy atom. The minimum Gasteiger partial charge on any atom is -0.410 e. The van der Waals surface area contributed by atoms with Crippen LogP contribution in [0.3, 0.4) is 0 Å². The van der Waals surface area contributed by atoms with E-state index in [2.05, 4.69) is 77.6 Å². The lowest BCUT2D eigenvalue weighted by molar-refractivity contribution is -0.763. The molecule has 6 rings (SSSR count). The number of hydrogen-bond acceptors (Lipinski definition) is 6. The topological polar surface area (TPSA) is 91.1 Å². The van der Waals surface area contributed by atoms with Crippen LogP contribution in [0.4, 0.5) is 4.79 Å². The molecule has 44 heavy (non-hydrogen) atoms. The Morgan fingerprint density at radius 1 is 0.818 bits per heavy atom. The van der Waals surface area contributed by atoms with Crippen molar-refractivity contribution in [3.8, 4) is 16.9 Å². The average molecular weight is 595 g/mol. The van der Waals surface area contributed by atoms with E-state index in [0.29, 0.717) is 24.4 Å². The third-order valence-electron chi connectivity index (χ3n) is 7.99. The lowest BCUT2D eigenvalue weighted by atomic mass is 9.97. The molecule has 1 aliphatic heterocycles. The lowest BCUT2D eigenvalue weighted by Crippen LogP contribution is -2.45. The van der Waals surface area contributed by atoms with Crippen molar-refractivity contribution in [2.24, 2.45) is 5.41 Å². The maximum atomic E-state index is 12.6. The molecule has 1 heterocycles. The third kappa shape index (κ3) is 9.41. The second-order valence-electron chi connectivity index (χ2n) is 11.4. The molecular weight excluding hydrogens is 556 g/mol. The van der Waals surface area contributed by atoms with E-state index in [-0.39, 0.29) is 18.1 Å². The van der Waals surface area contributed by atoms with E-state index in [9.17, 15) is 14.9 Å². The summed E-state index contributed by atoms with van der Waals surface area (Å²) >= 11 is 0. The van der Waals surface area contributed by atoms with Gasteiger partial charge in [0.15, 0.2) is 0 Å². The smallest absolute Gasteiger partial charge is 0.410 e. The predicted molar refractivity (Wildman–Crippen MR) is 168 cm³/mol. The van der Waals surface area contributed by atoms with Crippen LogP contribution >= 0.6 is 0 Å². The van der Waals surface area contributed by atoms with Gasteiger partial charge in [-0.05, 0) is 71.9 Å². The Hall–Kier alpha value is -4.69. The van der Waals surface area contributed by atoms with Gasteiger partial charge in [0.25, 0.3) is 5.09 Å². The molecule has 0 spiro atoms. The molecule has 2 aliphatic rings. The van der Waals surface area contributed by atoms with Crippen molar-refractivity contribution in [2.75, 3.05) is 19.7 Å². The Labute approximate surface area is 258 Å². The highest BCUT2D eigenvalue weighted by Crippen LogP contribution is 2.49. The quantitative estimate of drug-likeness (QED) is 0.138. The first-order valence-corrected chi connectivity index (χ1v) is 15.1. The summed E-state index contributed by atoms with van der Waals surface area (Å²) in [5.74, 6) is 0.391. The monoisotopic (exact) mass is 594 g/mol. The summed E-state index contributed by atoms with van der Waals surface area (Å²) in [4.78, 5) is 28.9. The number of benzene rings is 4. The summed E-state index contributed by atoms with van der Waals surface area (Å²) in [6.07, 6.45) is 4.84. The standard InChI is InChI=1S/C24H28N2O6.C12H10/c27-23(32-21-10-8-20(9-11-21)17-31-26(28)29)25-14-4-7-22(16-25)30-18-24(12-13-24)15-19-5-2-1-3-6-19;1-3-7-11(8-4-1)12-9-5-2-6-10-12/h1-3,5-6,8-11,22H,4,7,12-18H2;1-10H. The number of amides is 1. The number of hydrogen-bond donors (Lipinski definition) is 0. The van der Waals surface area contributed by atoms with Gasteiger partial charge in [-0.25, -0.2) is 4.79 Å². The van der Waals surface area contributed by atoms with E-state index in [4.69, 9.17) is 9.47 Å². The largest absolute Gasteiger partial charge is 0.415 e.